The van der Waals surface area contributed by atoms with Gasteiger partial charge in [-0.25, -0.2) is 0 Å². The molecule has 0 saturated carbocycles. The molecule has 0 aromatic carbocycles. The average Bonchev–Trinajstić information content (AvgIpc) is 3.27. The van der Waals surface area contributed by atoms with Crippen molar-refractivity contribution in [3.63, 3.8) is 0 Å². The number of rotatable bonds is 42. The molecule has 1 heterocycles. The van der Waals surface area contributed by atoms with E-state index >= 15 is 0 Å². The molecule has 1 saturated heterocycles. The molecule has 360 valence electrons. The predicted molar refractivity (Wildman–Crippen MR) is 258 cm³/mol. The SMILES string of the molecule is CC/C=C\C/C=C\C/C=C\C/C=C\CCCCCCCCC(=O)NC(COC1OC(CO)C(O)C(O)C1O)C(O)/C=C/CCCCCCCCCCCCCCCCCCCC. The quantitative estimate of drug-likeness (QED) is 0.0262. The number of hydrogen-bond acceptors (Lipinski definition) is 8. The Kier molecular flexibility index (Phi) is 40.0. The first kappa shape index (κ1) is 57.9. The van der Waals surface area contributed by atoms with Gasteiger partial charge >= 0.3 is 0 Å². The third kappa shape index (κ3) is 32.5. The Labute approximate surface area is 379 Å². The van der Waals surface area contributed by atoms with Crippen LogP contribution in [0.1, 0.15) is 213 Å². The largest absolute Gasteiger partial charge is 0.394 e. The Hall–Kier alpha value is -2.11. The van der Waals surface area contributed by atoms with Crippen LogP contribution in [0.15, 0.2) is 60.8 Å². The molecule has 0 aromatic heterocycles. The summed E-state index contributed by atoms with van der Waals surface area (Å²) in [6, 6.07) is -0.815. The van der Waals surface area contributed by atoms with Gasteiger partial charge < -0.3 is 40.3 Å². The summed E-state index contributed by atoms with van der Waals surface area (Å²) in [6.07, 6.45) is 49.8. The van der Waals surface area contributed by atoms with Gasteiger partial charge in [0, 0.05) is 6.42 Å². The molecular weight excluding hydrogens is 779 g/mol. The molecule has 0 aromatic rings. The normalized spacial score (nSPS) is 20.8. The topological polar surface area (TPSA) is 149 Å². The van der Waals surface area contributed by atoms with Crippen LogP contribution in [0.4, 0.5) is 0 Å². The molecule has 7 atom stereocenters. The fourth-order valence-electron chi connectivity index (χ4n) is 7.79. The first-order valence-electron chi connectivity index (χ1n) is 25.5. The summed E-state index contributed by atoms with van der Waals surface area (Å²) in [5.41, 5.74) is 0. The molecular formula is C53H95NO8. The van der Waals surface area contributed by atoms with E-state index in [4.69, 9.17) is 9.47 Å². The fourth-order valence-corrected chi connectivity index (χ4v) is 7.79. The molecule has 1 fully saturated rings. The summed E-state index contributed by atoms with van der Waals surface area (Å²) in [6.45, 7) is 3.66. The van der Waals surface area contributed by atoms with Crippen LogP contribution < -0.4 is 5.32 Å². The van der Waals surface area contributed by atoms with Crippen molar-refractivity contribution in [3.05, 3.63) is 60.8 Å². The van der Waals surface area contributed by atoms with Crippen LogP contribution in [0.25, 0.3) is 0 Å². The summed E-state index contributed by atoms with van der Waals surface area (Å²) in [5.74, 6) is -0.192. The van der Waals surface area contributed by atoms with E-state index in [9.17, 15) is 30.3 Å². The number of allylic oxidation sites excluding steroid dienone is 9. The van der Waals surface area contributed by atoms with Gasteiger partial charge in [-0.3, -0.25) is 4.79 Å². The molecule has 6 N–H and O–H groups in total. The molecule has 7 unspecified atom stereocenters. The highest BCUT2D eigenvalue weighted by molar-refractivity contribution is 5.76. The molecule has 62 heavy (non-hydrogen) atoms. The third-order valence-corrected chi connectivity index (χ3v) is 11.8. The number of carbonyl (C=O) groups is 1. The zero-order valence-corrected chi connectivity index (χ0v) is 39.6. The van der Waals surface area contributed by atoms with E-state index in [0.29, 0.717) is 6.42 Å². The summed E-state index contributed by atoms with van der Waals surface area (Å²) in [5, 5.41) is 54.4. The second-order valence-corrected chi connectivity index (χ2v) is 17.6. The van der Waals surface area contributed by atoms with Crippen LogP contribution in [0.5, 0.6) is 0 Å². The number of carbonyl (C=O) groups excluding carboxylic acids is 1. The van der Waals surface area contributed by atoms with Gasteiger partial charge in [-0.05, 0) is 57.8 Å². The lowest BCUT2D eigenvalue weighted by Crippen LogP contribution is -2.60. The Morgan fingerprint density at radius 2 is 1.00 bits per heavy atom. The molecule has 9 heteroatoms. The van der Waals surface area contributed by atoms with E-state index in [-0.39, 0.29) is 12.5 Å². The predicted octanol–water partition coefficient (Wildman–Crippen LogP) is 11.6. The fraction of sp³-hybridized carbons (Fsp3) is 0.792. The molecule has 1 rings (SSSR count). The number of aliphatic hydroxyl groups excluding tert-OH is 5. The van der Waals surface area contributed by atoms with E-state index in [2.05, 4.69) is 67.8 Å². The van der Waals surface area contributed by atoms with Crippen molar-refractivity contribution >= 4 is 5.91 Å². The lowest BCUT2D eigenvalue weighted by molar-refractivity contribution is -0.302. The second-order valence-electron chi connectivity index (χ2n) is 17.6. The van der Waals surface area contributed by atoms with Crippen molar-refractivity contribution in [2.45, 2.75) is 256 Å². The minimum absolute atomic E-state index is 0.192. The molecule has 0 spiro atoms. The summed E-state index contributed by atoms with van der Waals surface area (Å²) < 4.78 is 11.2. The van der Waals surface area contributed by atoms with Gasteiger partial charge in [-0.15, -0.1) is 0 Å². The van der Waals surface area contributed by atoms with Crippen LogP contribution in [0.2, 0.25) is 0 Å². The van der Waals surface area contributed by atoms with E-state index < -0.39 is 49.5 Å². The van der Waals surface area contributed by atoms with E-state index in [1.807, 2.05) is 6.08 Å². The maximum absolute atomic E-state index is 13.0. The highest BCUT2D eigenvalue weighted by Gasteiger charge is 2.44. The van der Waals surface area contributed by atoms with Crippen LogP contribution in [-0.2, 0) is 14.3 Å². The molecule has 0 radical (unpaired) electrons. The molecule has 1 aliphatic heterocycles. The van der Waals surface area contributed by atoms with E-state index in [1.54, 1.807) is 6.08 Å². The maximum Gasteiger partial charge on any atom is 0.220 e. The maximum atomic E-state index is 13.0. The highest BCUT2D eigenvalue weighted by atomic mass is 16.7. The van der Waals surface area contributed by atoms with Gasteiger partial charge in [0.05, 0.1) is 25.4 Å². The lowest BCUT2D eigenvalue weighted by atomic mass is 9.99. The molecule has 9 nitrogen and oxygen atoms in total. The van der Waals surface area contributed by atoms with Crippen LogP contribution in [0, 0.1) is 0 Å². The van der Waals surface area contributed by atoms with Crippen molar-refractivity contribution < 1.29 is 39.8 Å². The number of aliphatic hydroxyl groups is 5. The van der Waals surface area contributed by atoms with Gasteiger partial charge in [0.1, 0.15) is 24.4 Å². The zero-order chi connectivity index (χ0) is 45.1. The summed E-state index contributed by atoms with van der Waals surface area (Å²) in [4.78, 5) is 13.0. The molecule has 0 aliphatic carbocycles. The number of hydrogen-bond donors (Lipinski definition) is 6. The Morgan fingerprint density at radius 3 is 1.48 bits per heavy atom. The van der Waals surface area contributed by atoms with Crippen LogP contribution in [-0.4, -0.2) is 87.5 Å². The van der Waals surface area contributed by atoms with Crippen LogP contribution >= 0.6 is 0 Å². The molecule has 1 aliphatic rings. The van der Waals surface area contributed by atoms with Crippen molar-refractivity contribution in [2.24, 2.45) is 0 Å². The van der Waals surface area contributed by atoms with Gasteiger partial charge in [0.2, 0.25) is 5.91 Å². The van der Waals surface area contributed by atoms with Crippen molar-refractivity contribution in [1.29, 1.82) is 0 Å². The number of amides is 1. The Morgan fingerprint density at radius 1 is 0.565 bits per heavy atom. The third-order valence-electron chi connectivity index (χ3n) is 11.8. The minimum Gasteiger partial charge on any atom is -0.394 e. The van der Waals surface area contributed by atoms with Crippen molar-refractivity contribution in [2.75, 3.05) is 13.2 Å². The lowest BCUT2D eigenvalue weighted by Gasteiger charge is -2.40. The standard InChI is InChI=1S/C53H95NO8/c1-3-5-7-9-11-13-15-17-19-21-23-25-26-28-30-32-34-36-38-40-42-47(56)46(45-61-53-52(60)51(59)50(58)48(44-55)62-53)54-49(57)43-41-39-37-35-33-31-29-27-24-22-20-18-16-14-12-10-8-6-4-2/h6,8,12,14,18,20,24,27,40,42,46-48,50-53,55-56,58-60H,3-5,7,9-11,13,15-17,19,21-23,25-26,28-39,41,43-45H2,1-2H3,(H,54,57)/b8-6-,14-12-,20-18-,27-24-,42-40+. The number of unbranched alkanes of at least 4 members (excludes halogenated alkanes) is 24. The van der Waals surface area contributed by atoms with E-state index in [0.717, 1.165) is 83.5 Å². The molecule has 1 amide bonds. The van der Waals surface area contributed by atoms with Gasteiger partial charge in [-0.1, -0.05) is 209 Å². The van der Waals surface area contributed by atoms with E-state index in [1.165, 1.54) is 109 Å². The Bertz CT molecular complexity index is 1150. The molecule has 0 bridgehead atoms. The second kappa shape index (κ2) is 42.8. The first-order chi connectivity index (χ1) is 30.3. The summed E-state index contributed by atoms with van der Waals surface area (Å²) in [7, 11) is 0. The van der Waals surface area contributed by atoms with Crippen molar-refractivity contribution in [1.82, 2.24) is 5.32 Å². The monoisotopic (exact) mass is 874 g/mol. The van der Waals surface area contributed by atoms with Crippen LogP contribution in [0.3, 0.4) is 0 Å². The highest BCUT2D eigenvalue weighted by Crippen LogP contribution is 2.23. The zero-order valence-electron chi connectivity index (χ0n) is 39.6. The van der Waals surface area contributed by atoms with Crippen molar-refractivity contribution in [3.8, 4) is 0 Å². The summed E-state index contributed by atoms with van der Waals surface area (Å²) >= 11 is 0. The minimum atomic E-state index is -1.57. The smallest absolute Gasteiger partial charge is 0.220 e. The van der Waals surface area contributed by atoms with Gasteiger partial charge in [-0.2, -0.15) is 0 Å². The van der Waals surface area contributed by atoms with Gasteiger partial charge in [0.25, 0.3) is 0 Å². The average molecular weight is 874 g/mol. The van der Waals surface area contributed by atoms with Gasteiger partial charge in [0.15, 0.2) is 6.29 Å². The Balaban J connectivity index is 2.32. The number of nitrogens with one attached hydrogen (secondary N) is 1. The first-order valence-corrected chi connectivity index (χ1v) is 25.5. The number of ether oxygens (including phenoxy) is 2.